The van der Waals surface area contributed by atoms with Crippen molar-refractivity contribution in [1.82, 2.24) is 4.90 Å². The van der Waals surface area contributed by atoms with Crippen molar-refractivity contribution in [2.24, 2.45) is 4.99 Å². The molecule has 0 unspecified atom stereocenters. The van der Waals surface area contributed by atoms with E-state index in [-0.39, 0.29) is 15.8 Å². The van der Waals surface area contributed by atoms with Crippen LogP contribution in [-0.2, 0) is 33.5 Å². The van der Waals surface area contributed by atoms with E-state index in [1.807, 2.05) is 0 Å². The Morgan fingerprint density at radius 3 is 2.29 bits per heavy atom. The molecule has 0 aromatic heterocycles. The fourth-order valence-corrected chi connectivity index (χ4v) is 6.83. The summed E-state index contributed by atoms with van der Waals surface area (Å²) < 4.78 is 56.4. The highest BCUT2D eigenvalue weighted by Crippen LogP contribution is 2.48. The van der Waals surface area contributed by atoms with Crippen molar-refractivity contribution >= 4 is 32.9 Å². The first-order chi connectivity index (χ1) is 15.9. The van der Waals surface area contributed by atoms with Crippen molar-refractivity contribution in [2.75, 3.05) is 27.0 Å². The van der Waals surface area contributed by atoms with E-state index in [4.69, 9.17) is 23.7 Å². The molecule has 0 radical (unpaired) electrons. The molecule has 2 saturated heterocycles. The summed E-state index contributed by atoms with van der Waals surface area (Å²) >= 11 is 1.10. The van der Waals surface area contributed by atoms with Crippen LogP contribution < -0.4 is 0 Å². The lowest BCUT2D eigenvalue weighted by atomic mass is 9.94. The Hall–Kier alpha value is -1.74. The molecule has 13 heteroatoms. The van der Waals surface area contributed by atoms with Crippen LogP contribution in [0.5, 0.6) is 0 Å². The van der Waals surface area contributed by atoms with Crippen LogP contribution in [0.4, 0.5) is 4.79 Å². The Kier molecular flexibility index (Phi) is 6.74. The molecule has 7 atom stereocenters. The van der Waals surface area contributed by atoms with E-state index in [9.17, 15) is 18.3 Å². The molecule has 0 aliphatic carbocycles. The molecule has 0 bridgehead atoms. The van der Waals surface area contributed by atoms with Gasteiger partial charge in [0.25, 0.3) is 0 Å². The van der Waals surface area contributed by atoms with E-state index >= 15 is 0 Å². The summed E-state index contributed by atoms with van der Waals surface area (Å²) in [5.41, 5.74) is -0.675. The van der Waals surface area contributed by atoms with Gasteiger partial charge in [-0.3, -0.25) is 9.89 Å². The molecule has 1 aromatic carbocycles. The fourth-order valence-electron chi connectivity index (χ4n) is 4.19. The summed E-state index contributed by atoms with van der Waals surface area (Å²) in [4.78, 5) is 17.1. The first-order valence-corrected chi connectivity index (χ1v) is 13.1. The van der Waals surface area contributed by atoms with E-state index in [2.05, 4.69) is 4.99 Å². The first kappa shape index (κ1) is 25.4. The van der Waals surface area contributed by atoms with Crippen molar-refractivity contribution < 1.29 is 42.0 Å². The topological polar surface area (TPSA) is 133 Å². The minimum absolute atomic E-state index is 0.159. The molecule has 1 aromatic rings. The lowest BCUT2D eigenvalue weighted by Gasteiger charge is -2.56. The molecule has 2 fully saturated rings. The highest BCUT2D eigenvalue weighted by molar-refractivity contribution is 8.14. The monoisotopic (exact) mass is 516 g/mol. The summed E-state index contributed by atoms with van der Waals surface area (Å²) in [6, 6.07) is 7.41. The van der Waals surface area contributed by atoms with Gasteiger partial charge in [0.2, 0.25) is 11.6 Å². The maximum absolute atomic E-state index is 13.2. The van der Waals surface area contributed by atoms with Gasteiger partial charge in [-0.05, 0) is 26.0 Å². The number of amidine groups is 1. The molecule has 1 amide bonds. The Bertz CT molecular complexity index is 1070. The van der Waals surface area contributed by atoms with Gasteiger partial charge in [0.1, 0.15) is 29.8 Å². The second-order valence-electron chi connectivity index (χ2n) is 8.46. The van der Waals surface area contributed by atoms with Crippen LogP contribution in [0.3, 0.4) is 0 Å². The normalized spacial score (nSPS) is 37.4. The number of rotatable bonds is 5. The highest BCUT2D eigenvalue weighted by Gasteiger charge is 2.64. The smallest absolute Gasteiger partial charge is 0.413 e. The average Bonchev–Trinajstić information content (AvgIpc) is 3.24. The number of aliphatic imine (C=N–C) groups is 1. The van der Waals surface area contributed by atoms with Gasteiger partial charge in [-0.15, -0.1) is 0 Å². The quantitative estimate of drug-likeness (QED) is 0.617. The minimum Gasteiger partial charge on any atom is -0.465 e. The molecule has 4 rings (SSSR count). The molecule has 11 nitrogen and oxygen atoms in total. The van der Waals surface area contributed by atoms with Gasteiger partial charge in [-0.1, -0.05) is 30.0 Å². The zero-order valence-corrected chi connectivity index (χ0v) is 21.0. The number of methoxy groups -OCH3 is 2. The van der Waals surface area contributed by atoms with E-state index in [0.717, 1.165) is 16.7 Å². The van der Waals surface area contributed by atoms with Gasteiger partial charge in [0.05, 0.1) is 10.6 Å². The summed E-state index contributed by atoms with van der Waals surface area (Å²) in [6.45, 7) is 3.29. The lowest BCUT2D eigenvalue weighted by Crippen LogP contribution is -2.72. The third kappa shape index (κ3) is 4.23. The second kappa shape index (κ2) is 9.04. The van der Waals surface area contributed by atoms with E-state index in [1.54, 1.807) is 32.0 Å². The maximum atomic E-state index is 13.2. The Morgan fingerprint density at radius 2 is 1.74 bits per heavy atom. The van der Waals surface area contributed by atoms with Crippen LogP contribution in [0.2, 0.25) is 0 Å². The summed E-state index contributed by atoms with van der Waals surface area (Å²) in [5, 5.41) is 9.60. The Morgan fingerprint density at radius 1 is 1.15 bits per heavy atom. The molecule has 0 spiro atoms. The van der Waals surface area contributed by atoms with Crippen LogP contribution in [0.15, 0.2) is 40.2 Å². The Labute approximate surface area is 202 Å². The number of thioether (sulfide) groups is 1. The van der Waals surface area contributed by atoms with Crippen LogP contribution in [0.25, 0.3) is 0 Å². The number of carbonyl (C=O) groups is 1. The minimum atomic E-state index is -3.74. The fraction of sp³-hybridized carbons (Fsp3) is 0.619. The second-order valence-corrected chi connectivity index (χ2v) is 11.6. The number of carboxylic acid groups (broad SMARTS) is 1. The van der Waals surface area contributed by atoms with Gasteiger partial charge in [0, 0.05) is 21.3 Å². The lowest BCUT2D eigenvalue weighted by molar-refractivity contribution is -0.462. The summed E-state index contributed by atoms with van der Waals surface area (Å²) in [6.07, 6.45) is -3.79. The van der Waals surface area contributed by atoms with Gasteiger partial charge in [-0.25, -0.2) is 13.2 Å². The predicted molar refractivity (Wildman–Crippen MR) is 122 cm³/mol. The molecule has 0 saturated carbocycles. The van der Waals surface area contributed by atoms with Gasteiger partial charge < -0.3 is 28.8 Å². The molecular formula is C21H28N2O9S2. The number of fused-ring (bicyclic) bond motifs is 3. The summed E-state index contributed by atoms with van der Waals surface area (Å²) in [7, 11) is 0.517. The number of amides is 1. The Balaban J connectivity index is 1.71. The SMILES string of the molecule is CO[C@@]1(C)O[C@@H]2[C@H]3N=C(N(C)C(=O)O)S[C@H]3O[C@H](CS(=O)(=O)c3ccccc3)[C@H]2O[C@]1(C)OC. The van der Waals surface area contributed by atoms with Crippen LogP contribution in [-0.4, -0.2) is 98.1 Å². The van der Waals surface area contributed by atoms with Crippen molar-refractivity contribution in [2.45, 2.75) is 60.1 Å². The third-order valence-corrected chi connectivity index (χ3v) is 9.45. The van der Waals surface area contributed by atoms with Crippen molar-refractivity contribution in [1.29, 1.82) is 0 Å². The standard InChI is InChI=1S/C21H28N2O9S2/c1-20(28-4)21(2,29-5)32-16-14-17(33-18(22-14)23(3)19(24)25)30-13(15(16)31-20)11-34(26,27)12-9-7-6-8-10-12/h6-10,13-17H,11H2,1-5H3,(H,24,25)/t13-,14-,15-,16-,17-,20+,21+/m1/s1. The summed E-state index contributed by atoms with van der Waals surface area (Å²) in [5.74, 6) is -3.11. The number of benzene rings is 1. The number of hydrogen-bond donors (Lipinski definition) is 1. The van der Waals surface area contributed by atoms with E-state index in [1.165, 1.54) is 33.4 Å². The average molecular weight is 517 g/mol. The van der Waals surface area contributed by atoms with Crippen molar-refractivity contribution in [3.05, 3.63) is 30.3 Å². The van der Waals surface area contributed by atoms with Crippen LogP contribution in [0, 0.1) is 0 Å². The van der Waals surface area contributed by atoms with Crippen LogP contribution >= 0.6 is 11.8 Å². The zero-order chi connectivity index (χ0) is 24.9. The molecule has 3 heterocycles. The predicted octanol–water partition coefficient (Wildman–Crippen LogP) is 1.78. The van der Waals surface area contributed by atoms with Gasteiger partial charge in [0.15, 0.2) is 15.0 Å². The van der Waals surface area contributed by atoms with Crippen LogP contribution in [0.1, 0.15) is 13.8 Å². The largest absolute Gasteiger partial charge is 0.465 e. The van der Waals surface area contributed by atoms with Gasteiger partial charge >= 0.3 is 6.09 Å². The number of sulfone groups is 1. The molecule has 1 N–H and O–H groups in total. The zero-order valence-electron chi connectivity index (χ0n) is 19.4. The maximum Gasteiger partial charge on any atom is 0.413 e. The molecule has 3 aliphatic heterocycles. The van der Waals surface area contributed by atoms with E-state index in [0.29, 0.717) is 0 Å². The molecule has 188 valence electrons. The number of nitrogens with zero attached hydrogens (tertiary/aromatic N) is 2. The van der Waals surface area contributed by atoms with Crippen molar-refractivity contribution in [3.8, 4) is 0 Å². The van der Waals surface area contributed by atoms with Gasteiger partial charge in [-0.2, -0.15) is 0 Å². The molecular weight excluding hydrogens is 488 g/mol. The highest BCUT2D eigenvalue weighted by atomic mass is 32.2. The first-order valence-electron chi connectivity index (χ1n) is 10.5. The van der Waals surface area contributed by atoms with Crippen molar-refractivity contribution in [3.63, 3.8) is 0 Å². The molecule has 34 heavy (non-hydrogen) atoms. The third-order valence-electron chi connectivity index (χ3n) is 6.48. The van der Waals surface area contributed by atoms with E-state index < -0.39 is 57.3 Å². The number of ether oxygens (including phenoxy) is 5. The number of hydrogen-bond acceptors (Lipinski definition) is 10. The molecule has 3 aliphatic rings.